The number of alkyl carbamates (subject to hydrolysis) is 1. The Kier molecular flexibility index (Phi) is 12.1. The first-order valence-electron chi connectivity index (χ1n) is 11.3. The molecule has 198 valence electrons. The van der Waals surface area contributed by atoms with Gasteiger partial charge in [-0.05, 0) is 72.9 Å². The number of non-ortho nitro benzene ring substituents is 1. The van der Waals surface area contributed by atoms with Crippen LogP contribution in [0.2, 0.25) is 0 Å². The van der Waals surface area contributed by atoms with E-state index in [9.17, 15) is 24.3 Å². The molecule has 0 aromatic heterocycles. The molecule has 0 saturated heterocycles. The first kappa shape index (κ1) is 30.3. The van der Waals surface area contributed by atoms with Crippen LogP contribution in [-0.2, 0) is 23.4 Å². The van der Waals surface area contributed by atoms with Crippen molar-refractivity contribution in [2.75, 3.05) is 13.2 Å². The van der Waals surface area contributed by atoms with Crippen molar-refractivity contribution < 1.29 is 37.6 Å². The van der Waals surface area contributed by atoms with Gasteiger partial charge in [0.25, 0.3) is 5.69 Å². The molecule has 0 bridgehead atoms. The zero-order chi connectivity index (χ0) is 26.6. The van der Waals surface area contributed by atoms with Gasteiger partial charge in [0.15, 0.2) is 0 Å². The van der Waals surface area contributed by atoms with E-state index in [1.165, 1.54) is 31.2 Å². The van der Waals surface area contributed by atoms with Crippen molar-refractivity contribution in [2.45, 2.75) is 78.6 Å². The molecule has 0 radical (unpaired) electrons. The molecule has 12 nitrogen and oxygen atoms in total. The maximum Gasteiger partial charge on any atom is 0.459 e. The molecule has 0 saturated carbocycles. The Morgan fingerprint density at radius 3 is 2.26 bits per heavy atom. The summed E-state index contributed by atoms with van der Waals surface area (Å²) >= 11 is 0. The zero-order valence-corrected chi connectivity index (χ0v) is 22.0. The molecule has 35 heavy (non-hydrogen) atoms. The molecular formula is C22H36N3O9P. The summed E-state index contributed by atoms with van der Waals surface area (Å²) in [7, 11) is -4.04. The lowest BCUT2D eigenvalue weighted by atomic mass is 10.2. The summed E-state index contributed by atoms with van der Waals surface area (Å²) in [6, 6.07) is 3.98. The average Bonchev–Trinajstić information content (AvgIpc) is 2.71. The Bertz CT molecular complexity index is 885. The summed E-state index contributed by atoms with van der Waals surface area (Å²) in [6.45, 7) is 10.6. The van der Waals surface area contributed by atoms with E-state index < -0.39 is 36.4 Å². The van der Waals surface area contributed by atoms with Crippen LogP contribution in [0.25, 0.3) is 0 Å². The van der Waals surface area contributed by atoms with E-state index >= 15 is 0 Å². The number of ether oxygens (including phenoxy) is 2. The number of esters is 1. The zero-order valence-electron chi connectivity index (χ0n) is 21.1. The third kappa shape index (κ3) is 13.1. The predicted octanol–water partition coefficient (Wildman–Crippen LogP) is 4.72. The molecule has 1 aromatic rings. The van der Waals surface area contributed by atoms with Crippen LogP contribution in [0.4, 0.5) is 10.5 Å². The molecule has 0 fully saturated rings. The van der Waals surface area contributed by atoms with E-state index in [-0.39, 0.29) is 24.1 Å². The predicted molar refractivity (Wildman–Crippen MR) is 129 cm³/mol. The van der Waals surface area contributed by atoms with Gasteiger partial charge in [-0.3, -0.25) is 19.4 Å². The number of unbranched alkanes of at least 4 members (excludes halogenated alkanes) is 2. The third-order valence-corrected chi connectivity index (χ3v) is 5.76. The summed E-state index contributed by atoms with van der Waals surface area (Å²) in [5.41, 5.74) is -0.732. The number of nitrogens with one attached hydrogen (secondary N) is 2. The minimum atomic E-state index is -4.04. The van der Waals surface area contributed by atoms with Gasteiger partial charge < -0.3 is 19.3 Å². The molecule has 0 heterocycles. The van der Waals surface area contributed by atoms with Crippen molar-refractivity contribution in [2.24, 2.45) is 0 Å². The van der Waals surface area contributed by atoms with Gasteiger partial charge in [0.2, 0.25) is 0 Å². The van der Waals surface area contributed by atoms with E-state index in [2.05, 4.69) is 10.4 Å². The molecule has 2 unspecified atom stereocenters. The van der Waals surface area contributed by atoms with Crippen LogP contribution >= 0.6 is 7.75 Å². The first-order valence-corrected chi connectivity index (χ1v) is 12.9. The van der Waals surface area contributed by atoms with Crippen molar-refractivity contribution in [3.05, 3.63) is 34.4 Å². The topological polar surface area (TPSA) is 155 Å². The Labute approximate surface area is 205 Å². The number of hydrogen-bond acceptors (Lipinski definition) is 9. The highest BCUT2D eigenvalue weighted by Crippen LogP contribution is 2.45. The van der Waals surface area contributed by atoms with Crippen molar-refractivity contribution in [3.63, 3.8) is 0 Å². The summed E-state index contributed by atoms with van der Waals surface area (Å²) in [5.74, 6) is -0.568. The summed E-state index contributed by atoms with van der Waals surface area (Å²) in [5, 5.41) is 16.0. The van der Waals surface area contributed by atoms with Gasteiger partial charge >= 0.3 is 19.8 Å². The van der Waals surface area contributed by atoms with Gasteiger partial charge in [-0.2, -0.15) is 5.09 Å². The van der Waals surface area contributed by atoms with Gasteiger partial charge in [0, 0.05) is 18.7 Å². The van der Waals surface area contributed by atoms with E-state index in [0.717, 1.165) is 0 Å². The number of nitro groups is 1. The summed E-state index contributed by atoms with van der Waals surface area (Å²) in [6.07, 6.45) is 0.924. The quantitative estimate of drug-likeness (QED) is 0.116. The largest absolute Gasteiger partial charge is 0.462 e. The highest BCUT2D eigenvalue weighted by Gasteiger charge is 2.32. The number of nitro benzene ring substituents is 1. The number of rotatable bonds is 14. The van der Waals surface area contributed by atoms with Crippen LogP contribution in [0.3, 0.4) is 0 Å². The Balaban J connectivity index is 2.65. The Hall–Kier alpha value is -2.69. The second-order valence-corrected chi connectivity index (χ2v) is 10.7. The highest BCUT2D eigenvalue weighted by molar-refractivity contribution is 7.52. The fraction of sp³-hybridized carbons (Fsp3) is 0.636. The number of carbonyl (C=O) groups is 2. The van der Waals surface area contributed by atoms with Crippen LogP contribution < -0.4 is 14.9 Å². The molecule has 2 N–H and O–H groups in total. The van der Waals surface area contributed by atoms with Crippen LogP contribution in [-0.4, -0.2) is 47.9 Å². The minimum absolute atomic E-state index is 0.0373. The van der Waals surface area contributed by atoms with Crippen molar-refractivity contribution in [1.29, 1.82) is 0 Å². The number of carbonyl (C=O) groups excluding carboxylic acids is 2. The highest BCUT2D eigenvalue weighted by atomic mass is 31.2. The fourth-order valence-corrected chi connectivity index (χ4v) is 4.10. The van der Waals surface area contributed by atoms with Gasteiger partial charge in [0.1, 0.15) is 17.4 Å². The van der Waals surface area contributed by atoms with Gasteiger partial charge in [-0.15, -0.1) is 0 Å². The minimum Gasteiger partial charge on any atom is -0.462 e. The molecule has 1 aromatic carbocycles. The Morgan fingerprint density at radius 1 is 1.09 bits per heavy atom. The van der Waals surface area contributed by atoms with Crippen LogP contribution in [0.15, 0.2) is 24.3 Å². The number of benzene rings is 1. The lowest BCUT2D eigenvalue weighted by molar-refractivity contribution is -0.384. The average molecular weight is 518 g/mol. The maximum atomic E-state index is 13.3. The molecule has 0 aliphatic rings. The first-order chi connectivity index (χ1) is 16.2. The molecule has 0 aliphatic heterocycles. The molecular weight excluding hydrogens is 481 g/mol. The van der Waals surface area contributed by atoms with Crippen LogP contribution in [0, 0.1) is 10.1 Å². The molecule has 2 atom stereocenters. The van der Waals surface area contributed by atoms with Crippen LogP contribution in [0.1, 0.15) is 60.8 Å². The van der Waals surface area contributed by atoms with Crippen molar-refractivity contribution in [3.8, 4) is 5.75 Å². The van der Waals surface area contributed by atoms with Gasteiger partial charge in [0.05, 0.1) is 17.6 Å². The molecule has 0 aliphatic carbocycles. The number of amides is 1. The SMILES string of the molecule is CC(C)OC(=O)C(C)NP(=O)(OCCCCCNC(=O)OC(C)(C)C)Oc1ccc([N+](=O)[O-])cc1. The van der Waals surface area contributed by atoms with E-state index in [1.807, 2.05) is 0 Å². The van der Waals surface area contributed by atoms with Crippen molar-refractivity contribution >= 4 is 25.5 Å². The lowest BCUT2D eigenvalue weighted by Crippen LogP contribution is -2.36. The lowest BCUT2D eigenvalue weighted by Gasteiger charge is -2.23. The fourth-order valence-electron chi connectivity index (χ4n) is 2.57. The Morgan fingerprint density at radius 2 is 1.71 bits per heavy atom. The van der Waals surface area contributed by atoms with E-state index in [4.69, 9.17) is 18.5 Å². The smallest absolute Gasteiger partial charge is 0.459 e. The normalized spacial score (nSPS) is 14.0. The van der Waals surface area contributed by atoms with Crippen molar-refractivity contribution in [1.82, 2.24) is 10.4 Å². The number of hydrogen-bond donors (Lipinski definition) is 2. The van der Waals surface area contributed by atoms with Crippen LogP contribution in [0.5, 0.6) is 5.75 Å². The van der Waals surface area contributed by atoms with Gasteiger partial charge in [-0.1, -0.05) is 0 Å². The summed E-state index contributed by atoms with van der Waals surface area (Å²) in [4.78, 5) is 34.1. The number of nitrogens with zero attached hydrogens (tertiary/aromatic N) is 1. The molecule has 1 rings (SSSR count). The third-order valence-electron chi connectivity index (χ3n) is 4.08. The molecule has 1 amide bonds. The molecule has 0 spiro atoms. The second-order valence-electron chi connectivity index (χ2n) is 9.00. The summed E-state index contributed by atoms with van der Waals surface area (Å²) < 4.78 is 34.6. The maximum absolute atomic E-state index is 13.3. The van der Waals surface area contributed by atoms with E-state index in [1.54, 1.807) is 34.6 Å². The molecule has 13 heteroatoms. The van der Waals surface area contributed by atoms with E-state index in [0.29, 0.717) is 25.8 Å². The second kappa shape index (κ2) is 14.0. The monoisotopic (exact) mass is 517 g/mol. The van der Waals surface area contributed by atoms with Gasteiger partial charge in [-0.25, -0.2) is 9.36 Å². The standard InChI is InChI=1S/C22H36N3O9P/c1-16(2)32-20(26)17(3)24-35(30,34-19-12-10-18(11-13-19)25(28)29)31-15-9-7-8-14-23-21(27)33-22(4,5)6/h10-13,16-17H,7-9,14-15H2,1-6H3,(H,23,27)(H,24,30).